The first-order valence-electron chi connectivity index (χ1n) is 10.1. The quantitative estimate of drug-likeness (QED) is 0.614. The van der Waals surface area contributed by atoms with Crippen molar-refractivity contribution < 1.29 is 14.6 Å². The van der Waals surface area contributed by atoms with Crippen LogP contribution in [0.25, 0.3) is 0 Å². The molecule has 0 unspecified atom stereocenters. The number of hydrogen-bond acceptors (Lipinski definition) is 6. The molecule has 154 valence electrons. The fraction of sp³-hybridized carbons (Fsp3) is 0.409. The van der Waals surface area contributed by atoms with Crippen molar-refractivity contribution in [3.63, 3.8) is 0 Å². The zero-order valence-electron chi connectivity index (χ0n) is 16.6. The predicted octanol–water partition coefficient (Wildman–Crippen LogP) is 1.57. The summed E-state index contributed by atoms with van der Waals surface area (Å²) in [5.74, 6) is 1.24. The summed E-state index contributed by atoms with van der Waals surface area (Å²) in [6.07, 6.45) is 0.229. The summed E-state index contributed by atoms with van der Waals surface area (Å²) in [5.41, 5.74) is 2.86. The number of amides is 1. The van der Waals surface area contributed by atoms with Gasteiger partial charge in [0, 0.05) is 43.3 Å². The van der Waals surface area contributed by atoms with Gasteiger partial charge in [-0.25, -0.2) is 0 Å². The minimum absolute atomic E-state index is 0.0238. The Morgan fingerprint density at radius 1 is 1.10 bits per heavy atom. The molecule has 1 amide bonds. The Kier molecular flexibility index (Phi) is 5.99. The van der Waals surface area contributed by atoms with Gasteiger partial charge in [-0.1, -0.05) is 12.1 Å². The molecular weight excluding hydrogens is 368 g/mol. The van der Waals surface area contributed by atoms with Gasteiger partial charge in [0.2, 0.25) is 0 Å². The van der Waals surface area contributed by atoms with Crippen molar-refractivity contribution in [3.05, 3.63) is 59.7 Å². The fourth-order valence-corrected chi connectivity index (χ4v) is 3.86. The van der Waals surface area contributed by atoms with Crippen LogP contribution in [0.3, 0.4) is 0 Å². The molecule has 2 aromatic carbocycles. The molecule has 4 N–H and O–H groups in total. The highest BCUT2D eigenvalue weighted by atomic mass is 16.5. The fourth-order valence-electron chi connectivity index (χ4n) is 3.86. The lowest BCUT2D eigenvalue weighted by Gasteiger charge is -2.32. The first-order valence-corrected chi connectivity index (χ1v) is 10.1. The number of aliphatic hydroxyl groups excluding tert-OH is 1. The van der Waals surface area contributed by atoms with E-state index in [1.165, 1.54) is 5.56 Å². The molecule has 2 aliphatic rings. The van der Waals surface area contributed by atoms with Crippen molar-refractivity contribution >= 4 is 11.6 Å². The van der Waals surface area contributed by atoms with E-state index in [0.29, 0.717) is 31.0 Å². The monoisotopic (exact) mass is 396 g/mol. The molecule has 29 heavy (non-hydrogen) atoms. The van der Waals surface area contributed by atoms with Crippen LogP contribution in [0.1, 0.15) is 28.3 Å². The molecule has 0 saturated carbocycles. The maximum atomic E-state index is 12.5. The molecule has 2 fully saturated rings. The van der Waals surface area contributed by atoms with Crippen molar-refractivity contribution in [2.24, 2.45) is 0 Å². The Bertz CT molecular complexity index is 817. The molecule has 7 nitrogen and oxygen atoms in total. The van der Waals surface area contributed by atoms with Crippen LogP contribution in [0.2, 0.25) is 0 Å². The molecule has 0 radical (unpaired) electrons. The number of carbonyl (C=O) groups excluding carboxylic acids is 1. The van der Waals surface area contributed by atoms with Crippen LogP contribution in [0, 0.1) is 0 Å². The maximum Gasteiger partial charge on any atom is 0.253 e. The molecule has 0 spiro atoms. The number of nitrogens with one attached hydrogen (secondary N) is 3. The van der Waals surface area contributed by atoms with Crippen LogP contribution >= 0.6 is 0 Å². The van der Waals surface area contributed by atoms with Crippen LogP contribution in [0.15, 0.2) is 48.5 Å². The first kappa shape index (κ1) is 19.7. The van der Waals surface area contributed by atoms with Gasteiger partial charge >= 0.3 is 0 Å². The van der Waals surface area contributed by atoms with Gasteiger partial charge < -0.3 is 20.1 Å². The summed E-state index contributed by atoms with van der Waals surface area (Å²) >= 11 is 0. The number of likely N-dealkylation sites (tertiary alicyclic amines) is 1. The maximum absolute atomic E-state index is 12.5. The second-order valence-electron chi connectivity index (χ2n) is 7.63. The van der Waals surface area contributed by atoms with Crippen LogP contribution in [0.4, 0.5) is 5.69 Å². The standard InChI is InChI=1S/C22H28N4O3/c1-29-20-8-4-15(5-9-20)17-12-23-22(24-13-17)25-18-6-2-16(3-7-18)21(28)26-11-10-19(27)14-26/h2-9,17,19,22-25,27H,10-14H2,1H3/t17?,19-,22?/m1/s1. The van der Waals surface area contributed by atoms with E-state index in [2.05, 4.69) is 28.1 Å². The van der Waals surface area contributed by atoms with Gasteiger partial charge in [-0.2, -0.15) is 0 Å². The van der Waals surface area contributed by atoms with Gasteiger partial charge in [-0.05, 0) is 48.4 Å². The number of anilines is 1. The molecule has 2 saturated heterocycles. The van der Waals surface area contributed by atoms with Gasteiger partial charge in [0.15, 0.2) is 0 Å². The Labute approximate surface area is 171 Å². The normalized spacial score (nSPS) is 24.3. The molecule has 0 bridgehead atoms. The van der Waals surface area contributed by atoms with Crippen molar-refractivity contribution in [3.8, 4) is 5.75 Å². The number of carbonyl (C=O) groups is 1. The van der Waals surface area contributed by atoms with Crippen LogP contribution in [-0.2, 0) is 0 Å². The summed E-state index contributed by atoms with van der Waals surface area (Å²) in [5, 5.41) is 20.0. The third-order valence-corrected chi connectivity index (χ3v) is 5.62. The number of methoxy groups -OCH3 is 1. The minimum atomic E-state index is -0.398. The zero-order chi connectivity index (χ0) is 20.2. The molecule has 1 atom stereocenters. The topological polar surface area (TPSA) is 85.9 Å². The lowest BCUT2D eigenvalue weighted by Crippen LogP contribution is -2.55. The van der Waals surface area contributed by atoms with Gasteiger partial charge in [0.1, 0.15) is 12.0 Å². The van der Waals surface area contributed by atoms with Crippen LogP contribution in [0.5, 0.6) is 5.75 Å². The number of rotatable bonds is 5. The summed E-state index contributed by atoms with van der Waals surface area (Å²) in [6.45, 7) is 2.77. The molecular formula is C22H28N4O3. The highest BCUT2D eigenvalue weighted by Gasteiger charge is 2.25. The van der Waals surface area contributed by atoms with E-state index >= 15 is 0 Å². The van der Waals surface area contributed by atoms with E-state index in [1.807, 2.05) is 36.4 Å². The van der Waals surface area contributed by atoms with E-state index in [9.17, 15) is 9.90 Å². The molecule has 0 aliphatic carbocycles. The third kappa shape index (κ3) is 4.70. The Morgan fingerprint density at radius 3 is 2.38 bits per heavy atom. The van der Waals surface area contributed by atoms with Gasteiger partial charge in [0.05, 0.1) is 13.2 Å². The van der Waals surface area contributed by atoms with E-state index in [-0.39, 0.29) is 12.2 Å². The van der Waals surface area contributed by atoms with Crippen molar-refractivity contribution in [2.45, 2.75) is 24.7 Å². The molecule has 2 aromatic rings. The molecule has 2 aliphatic heterocycles. The summed E-state index contributed by atoms with van der Waals surface area (Å²) in [4.78, 5) is 14.2. The average Bonchev–Trinajstić information content (AvgIpc) is 3.21. The third-order valence-electron chi connectivity index (χ3n) is 5.62. The van der Waals surface area contributed by atoms with Crippen molar-refractivity contribution in [1.82, 2.24) is 15.5 Å². The molecule has 7 heteroatoms. The predicted molar refractivity (Wildman–Crippen MR) is 112 cm³/mol. The smallest absolute Gasteiger partial charge is 0.253 e. The molecule has 0 aromatic heterocycles. The highest BCUT2D eigenvalue weighted by molar-refractivity contribution is 5.94. The largest absolute Gasteiger partial charge is 0.497 e. The number of β-amino-alcohol motifs (C(OH)–C–C–N with tert-alkyl or cyclic N) is 1. The number of nitrogens with zero attached hydrogens (tertiary/aromatic N) is 1. The van der Waals surface area contributed by atoms with E-state index < -0.39 is 6.10 Å². The Morgan fingerprint density at radius 2 is 1.79 bits per heavy atom. The lowest BCUT2D eigenvalue weighted by molar-refractivity contribution is 0.0765. The SMILES string of the molecule is COc1ccc(C2CNC(Nc3ccc(C(=O)N4CC[C@@H](O)C4)cc3)NC2)cc1. The van der Waals surface area contributed by atoms with Crippen molar-refractivity contribution in [2.75, 3.05) is 38.6 Å². The number of aliphatic hydroxyl groups is 1. The molecule has 4 rings (SSSR count). The Balaban J connectivity index is 1.28. The Hall–Kier alpha value is -2.61. The summed E-state index contributed by atoms with van der Waals surface area (Å²) < 4.78 is 5.22. The lowest BCUT2D eigenvalue weighted by atomic mass is 9.97. The highest BCUT2D eigenvalue weighted by Crippen LogP contribution is 2.21. The van der Waals surface area contributed by atoms with E-state index in [0.717, 1.165) is 24.5 Å². The second kappa shape index (κ2) is 8.82. The average molecular weight is 396 g/mol. The molecule has 2 heterocycles. The van der Waals surface area contributed by atoms with E-state index in [4.69, 9.17) is 4.74 Å². The minimum Gasteiger partial charge on any atom is -0.497 e. The zero-order valence-corrected chi connectivity index (χ0v) is 16.6. The van der Waals surface area contributed by atoms with Crippen LogP contribution < -0.4 is 20.7 Å². The number of benzene rings is 2. The second-order valence-corrected chi connectivity index (χ2v) is 7.63. The summed E-state index contributed by atoms with van der Waals surface area (Å²) in [6, 6.07) is 15.7. The van der Waals surface area contributed by atoms with Gasteiger partial charge in [-0.3, -0.25) is 15.4 Å². The summed E-state index contributed by atoms with van der Waals surface area (Å²) in [7, 11) is 1.67. The van der Waals surface area contributed by atoms with E-state index in [1.54, 1.807) is 12.0 Å². The number of hydrogen-bond donors (Lipinski definition) is 4. The van der Waals surface area contributed by atoms with Crippen LogP contribution in [-0.4, -0.2) is 61.6 Å². The first-order chi connectivity index (χ1) is 14.1. The number of ether oxygens (including phenoxy) is 1. The van der Waals surface area contributed by atoms with Gasteiger partial charge in [0.25, 0.3) is 5.91 Å². The van der Waals surface area contributed by atoms with Crippen molar-refractivity contribution in [1.29, 1.82) is 0 Å². The van der Waals surface area contributed by atoms with Gasteiger partial charge in [-0.15, -0.1) is 0 Å².